The zero-order valence-corrected chi connectivity index (χ0v) is 15.8. The lowest BCUT2D eigenvalue weighted by Gasteiger charge is -2.28. The van der Waals surface area contributed by atoms with Gasteiger partial charge in [0.2, 0.25) is 12.7 Å². The molecule has 1 aromatic heterocycles. The molecule has 2 heterocycles. The van der Waals surface area contributed by atoms with Crippen LogP contribution in [0.25, 0.3) is 0 Å². The zero-order valence-electron chi connectivity index (χ0n) is 15.0. The van der Waals surface area contributed by atoms with Crippen molar-refractivity contribution in [3.8, 4) is 11.5 Å². The number of rotatable bonds is 6. The van der Waals surface area contributed by atoms with E-state index in [9.17, 15) is 9.59 Å². The number of thiophene rings is 1. The van der Waals surface area contributed by atoms with E-state index in [1.807, 2.05) is 0 Å². The highest BCUT2D eigenvalue weighted by atomic mass is 32.1. The van der Waals surface area contributed by atoms with Crippen molar-refractivity contribution < 1.29 is 19.1 Å². The van der Waals surface area contributed by atoms with Crippen molar-refractivity contribution in [3.63, 3.8) is 0 Å². The predicted octanol–water partition coefficient (Wildman–Crippen LogP) is 2.83. The van der Waals surface area contributed by atoms with E-state index in [0.717, 1.165) is 12.8 Å². The molecule has 0 unspecified atom stereocenters. The Kier molecular flexibility index (Phi) is 5.03. The third-order valence-corrected chi connectivity index (χ3v) is 6.39. The monoisotopic (exact) mass is 386 g/mol. The number of nitrogens with one attached hydrogen (secondary N) is 2. The molecule has 142 valence electrons. The zero-order chi connectivity index (χ0) is 18.7. The summed E-state index contributed by atoms with van der Waals surface area (Å²) in [6, 6.07) is 9.20. The van der Waals surface area contributed by atoms with Crippen LogP contribution in [0.15, 0.2) is 35.7 Å². The van der Waals surface area contributed by atoms with Crippen molar-refractivity contribution in [1.29, 1.82) is 0 Å². The van der Waals surface area contributed by atoms with Gasteiger partial charge in [0.15, 0.2) is 11.5 Å². The molecule has 4 rings (SSSR count). The second-order valence-electron chi connectivity index (χ2n) is 6.99. The Morgan fingerprint density at radius 1 is 1.07 bits per heavy atom. The summed E-state index contributed by atoms with van der Waals surface area (Å²) in [4.78, 5) is 25.9. The summed E-state index contributed by atoms with van der Waals surface area (Å²) in [5.41, 5.74) is 0.489. The van der Waals surface area contributed by atoms with Crippen molar-refractivity contribution in [2.45, 2.75) is 31.1 Å². The standard InChI is InChI=1S/C20H22N2O4S/c23-18(22-12-20(7-1-2-8-20)17-4-3-9-27-17)11-21-19(24)14-5-6-15-16(10-14)26-13-25-15/h3-6,9-10H,1-2,7-8,11-13H2,(H,21,24)(H,22,23). The first kappa shape index (κ1) is 17.9. The lowest BCUT2D eigenvalue weighted by Crippen LogP contribution is -2.43. The molecule has 2 amide bonds. The van der Waals surface area contributed by atoms with Crippen LogP contribution in [0, 0.1) is 0 Å². The fourth-order valence-corrected chi connectivity index (χ4v) is 4.76. The molecule has 1 aliphatic heterocycles. The van der Waals surface area contributed by atoms with Crippen molar-refractivity contribution >= 4 is 23.2 Å². The van der Waals surface area contributed by atoms with Gasteiger partial charge in [-0.2, -0.15) is 0 Å². The highest BCUT2D eigenvalue weighted by molar-refractivity contribution is 7.10. The molecule has 2 aromatic rings. The number of hydrogen-bond acceptors (Lipinski definition) is 5. The summed E-state index contributed by atoms with van der Waals surface area (Å²) < 4.78 is 10.5. The summed E-state index contributed by atoms with van der Waals surface area (Å²) >= 11 is 1.75. The lowest BCUT2D eigenvalue weighted by molar-refractivity contribution is -0.120. The van der Waals surface area contributed by atoms with Gasteiger partial charge >= 0.3 is 0 Å². The Morgan fingerprint density at radius 3 is 2.67 bits per heavy atom. The largest absolute Gasteiger partial charge is 0.454 e. The molecule has 1 aromatic carbocycles. The van der Waals surface area contributed by atoms with Crippen molar-refractivity contribution in [1.82, 2.24) is 10.6 Å². The van der Waals surface area contributed by atoms with Gasteiger partial charge in [-0.3, -0.25) is 9.59 Å². The van der Waals surface area contributed by atoms with E-state index in [1.54, 1.807) is 29.5 Å². The second kappa shape index (κ2) is 7.60. The maximum atomic E-state index is 12.3. The first-order valence-electron chi connectivity index (χ1n) is 9.15. The molecule has 2 aliphatic rings. The minimum Gasteiger partial charge on any atom is -0.454 e. The molecule has 0 spiro atoms. The molecule has 6 nitrogen and oxygen atoms in total. The third-order valence-electron chi connectivity index (χ3n) is 5.27. The molecule has 1 aliphatic carbocycles. The van der Waals surface area contributed by atoms with Crippen LogP contribution < -0.4 is 20.1 Å². The number of benzene rings is 1. The molecule has 0 saturated heterocycles. The van der Waals surface area contributed by atoms with Gasteiger partial charge < -0.3 is 20.1 Å². The number of amides is 2. The molecule has 7 heteroatoms. The first-order chi connectivity index (χ1) is 13.2. The van der Waals surface area contributed by atoms with E-state index in [-0.39, 0.29) is 30.6 Å². The fourth-order valence-electron chi connectivity index (χ4n) is 3.77. The maximum absolute atomic E-state index is 12.3. The van der Waals surface area contributed by atoms with Crippen LogP contribution in [-0.4, -0.2) is 31.7 Å². The molecule has 0 radical (unpaired) electrons. The Labute approximate surface area is 161 Å². The van der Waals surface area contributed by atoms with Crippen LogP contribution in [-0.2, 0) is 10.2 Å². The molecular formula is C20H22N2O4S. The van der Waals surface area contributed by atoms with Gasteiger partial charge in [-0.05, 0) is 42.5 Å². The van der Waals surface area contributed by atoms with Crippen LogP contribution in [0.3, 0.4) is 0 Å². The van der Waals surface area contributed by atoms with Crippen LogP contribution in [0.4, 0.5) is 0 Å². The van der Waals surface area contributed by atoms with Gasteiger partial charge in [-0.1, -0.05) is 18.9 Å². The van der Waals surface area contributed by atoms with Gasteiger partial charge in [0.05, 0.1) is 6.54 Å². The highest BCUT2D eigenvalue weighted by Gasteiger charge is 2.36. The van der Waals surface area contributed by atoms with Crippen LogP contribution in [0.1, 0.15) is 40.9 Å². The van der Waals surface area contributed by atoms with Gasteiger partial charge in [-0.15, -0.1) is 11.3 Å². The maximum Gasteiger partial charge on any atom is 0.251 e. The fraction of sp³-hybridized carbons (Fsp3) is 0.400. The molecule has 2 N–H and O–H groups in total. The number of fused-ring (bicyclic) bond motifs is 1. The van der Waals surface area contributed by atoms with Gasteiger partial charge in [0, 0.05) is 22.4 Å². The highest BCUT2D eigenvalue weighted by Crippen LogP contribution is 2.42. The van der Waals surface area contributed by atoms with Crippen LogP contribution in [0.2, 0.25) is 0 Å². The number of carbonyl (C=O) groups is 2. The number of ether oxygens (including phenoxy) is 2. The average Bonchev–Trinajstić information content (AvgIpc) is 3.44. The van der Waals surface area contributed by atoms with Crippen molar-refractivity contribution in [3.05, 3.63) is 46.2 Å². The number of hydrogen-bond donors (Lipinski definition) is 2. The van der Waals surface area contributed by atoms with Gasteiger partial charge in [0.25, 0.3) is 5.91 Å². The van der Waals surface area contributed by atoms with E-state index >= 15 is 0 Å². The molecule has 1 saturated carbocycles. The second-order valence-corrected chi connectivity index (χ2v) is 7.94. The van der Waals surface area contributed by atoms with Gasteiger partial charge in [0.1, 0.15) is 0 Å². The minimum atomic E-state index is -0.308. The minimum absolute atomic E-state index is 0.0468. The van der Waals surface area contributed by atoms with E-state index in [0.29, 0.717) is 23.6 Å². The topological polar surface area (TPSA) is 76.7 Å². The Hall–Kier alpha value is -2.54. The summed E-state index contributed by atoms with van der Waals surface area (Å²) in [7, 11) is 0. The quantitative estimate of drug-likeness (QED) is 0.800. The third kappa shape index (κ3) is 3.78. The van der Waals surface area contributed by atoms with Crippen LogP contribution in [0.5, 0.6) is 11.5 Å². The lowest BCUT2D eigenvalue weighted by atomic mass is 9.84. The van der Waals surface area contributed by atoms with Crippen LogP contribution >= 0.6 is 11.3 Å². The average molecular weight is 386 g/mol. The molecule has 27 heavy (non-hydrogen) atoms. The summed E-state index contributed by atoms with van der Waals surface area (Å²) in [6.45, 7) is 0.731. The molecular weight excluding hydrogens is 364 g/mol. The van der Waals surface area contributed by atoms with Crippen molar-refractivity contribution in [2.24, 2.45) is 0 Å². The van der Waals surface area contributed by atoms with E-state index in [2.05, 4.69) is 28.1 Å². The Morgan fingerprint density at radius 2 is 1.89 bits per heavy atom. The Bertz CT molecular complexity index is 829. The van der Waals surface area contributed by atoms with E-state index in [4.69, 9.17) is 9.47 Å². The van der Waals surface area contributed by atoms with Crippen molar-refractivity contribution in [2.75, 3.05) is 19.9 Å². The molecule has 0 bridgehead atoms. The summed E-state index contributed by atoms with van der Waals surface area (Å²) in [5, 5.41) is 7.76. The van der Waals surface area contributed by atoms with E-state index < -0.39 is 0 Å². The summed E-state index contributed by atoms with van der Waals surface area (Å²) in [5.74, 6) is 0.690. The van der Waals surface area contributed by atoms with Gasteiger partial charge in [-0.25, -0.2) is 0 Å². The summed E-state index contributed by atoms with van der Waals surface area (Å²) in [6.07, 6.45) is 4.57. The predicted molar refractivity (Wildman–Crippen MR) is 102 cm³/mol. The molecule has 1 fully saturated rings. The number of carbonyl (C=O) groups excluding carboxylic acids is 2. The van der Waals surface area contributed by atoms with E-state index in [1.165, 1.54) is 17.7 Å². The Balaban J connectivity index is 1.30. The normalized spacial score (nSPS) is 16.9. The first-order valence-corrected chi connectivity index (χ1v) is 10.0. The smallest absolute Gasteiger partial charge is 0.251 e. The SMILES string of the molecule is O=C(CNC(=O)c1ccc2c(c1)OCO2)NCC1(c2cccs2)CCCC1. The molecule has 0 atom stereocenters.